The molecular weight excluding hydrogens is 697 g/mol. The summed E-state index contributed by atoms with van der Waals surface area (Å²) in [6, 6.07) is 56.2. The van der Waals surface area contributed by atoms with Gasteiger partial charge in [0.25, 0.3) is 0 Å². The molecule has 9 rings (SSSR count). The first-order valence-corrected chi connectivity index (χ1v) is 18.0. The fourth-order valence-electron chi connectivity index (χ4n) is 6.73. The van der Waals surface area contributed by atoms with E-state index in [1.165, 1.54) is 0 Å². The van der Waals surface area contributed by atoms with Gasteiger partial charge in [0.05, 0.1) is 33.9 Å². The zero-order chi connectivity index (χ0) is 37.8. The van der Waals surface area contributed by atoms with E-state index in [0.717, 1.165) is 43.7 Å². The van der Waals surface area contributed by atoms with Crippen LogP contribution in [0, 0.1) is 0 Å². The molecule has 0 saturated heterocycles. The Morgan fingerprint density at radius 1 is 0.304 bits per heavy atom. The lowest BCUT2D eigenvalue weighted by Gasteiger charge is -2.11. The molecular formula is C48H30N4O4. The van der Waals surface area contributed by atoms with Gasteiger partial charge in [-0.2, -0.15) is 0 Å². The van der Waals surface area contributed by atoms with Gasteiger partial charge in [0.15, 0.2) is 0 Å². The van der Waals surface area contributed by atoms with Crippen LogP contribution in [0.5, 0.6) is 11.5 Å². The molecule has 0 bridgehead atoms. The minimum Gasteiger partial charge on any atom is -0.422 e. The summed E-state index contributed by atoms with van der Waals surface area (Å²) in [6.45, 7) is 0. The van der Waals surface area contributed by atoms with Crippen LogP contribution in [0.25, 0.3) is 43.1 Å². The van der Waals surface area contributed by atoms with Crippen molar-refractivity contribution in [2.24, 2.45) is 20.5 Å². The van der Waals surface area contributed by atoms with Gasteiger partial charge in [-0.1, -0.05) is 121 Å². The average molecular weight is 727 g/mol. The molecule has 0 spiro atoms. The molecule has 0 aliphatic rings. The number of benzene rings is 9. The molecule has 0 atom stereocenters. The Labute approximate surface area is 321 Å². The summed E-state index contributed by atoms with van der Waals surface area (Å²) in [4.78, 5) is 26.7. The normalized spacial score (nSPS) is 11.6. The van der Waals surface area contributed by atoms with E-state index in [-0.39, 0.29) is 11.1 Å². The van der Waals surface area contributed by atoms with Crippen LogP contribution in [0.3, 0.4) is 0 Å². The third-order valence-electron chi connectivity index (χ3n) is 9.55. The lowest BCUT2D eigenvalue weighted by Crippen LogP contribution is -2.11. The molecule has 0 aliphatic carbocycles. The van der Waals surface area contributed by atoms with Crippen molar-refractivity contribution in [2.45, 2.75) is 0 Å². The molecule has 0 aromatic heterocycles. The molecule has 56 heavy (non-hydrogen) atoms. The molecule has 266 valence electrons. The molecule has 9 aromatic carbocycles. The number of carbonyl (C=O) groups excluding carboxylic acids is 2. The number of fused-ring (bicyclic) bond motifs is 4. The fourth-order valence-corrected chi connectivity index (χ4v) is 6.73. The fraction of sp³-hybridized carbons (Fsp3) is 0. The molecule has 8 nitrogen and oxygen atoms in total. The highest BCUT2D eigenvalue weighted by Gasteiger charge is 2.17. The van der Waals surface area contributed by atoms with E-state index < -0.39 is 11.9 Å². The van der Waals surface area contributed by atoms with Crippen LogP contribution in [0.1, 0.15) is 20.7 Å². The Hall–Kier alpha value is -7.84. The summed E-state index contributed by atoms with van der Waals surface area (Å²) in [6.07, 6.45) is 0. The molecule has 0 radical (unpaired) electrons. The summed E-state index contributed by atoms with van der Waals surface area (Å²) >= 11 is 0. The van der Waals surface area contributed by atoms with Crippen molar-refractivity contribution in [3.05, 3.63) is 193 Å². The highest BCUT2D eigenvalue weighted by Crippen LogP contribution is 2.37. The highest BCUT2D eigenvalue weighted by molar-refractivity contribution is 6.02. The van der Waals surface area contributed by atoms with Gasteiger partial charge in [-0.3, -0.25) is 0 Å². The van der Waals surface area contributed by atoms with Crippen LogP contribution in [-0.2, 0) is 0 Å². The van der Waals surface area contributed by atoms with Gasteiger partial charge in [0.1, 0.15) is 11.5 Å². The van der Waals surface area contributed by atoms with Gasteiger partial charge in [-0.05, 0) is 71.4 Å². The van der Waals surface area contributed by atoms with E-state index in [1.54, 1.807) is 48.5 Å². The number of rotatable bonds is 8. The van der Waals surface area contributed by atoms with E-state index in [4.69, 9.17) is 9.47 Å². The minimum absolute atomic E-state index is 0.275. The maximum absolute atomic E-state index is 13.3. The molecule has 0 aliphatic heterocycles. The van der Waals surface area contributed by atoms with Gasteiger partial charge in [-0.25, -0.2) is 9.59 Å². The predicted octanol–water partition coefficient (Wildman–Crippen LogP) is 13.6. The van der Waals surface area contributed by atoms with Gasteiger partial charge < -0.3 is 9.47 Å². The van der Waals surface area contributed by atoms with Crippen molar-refractivity contribution in [3.63, 3.8) is 0 Å². The highest BCUT2D eigenvalue weighted by atomic mass is 16.5. The Kier molecular flexibility index (Phi) is 9.03. The number of hydrogen-bond acceptors (Lipinski definition) is 8. The third-order valence-corrected chi connectivity index (χ3v) is 9.55. The van der Waals surface area contributed by atoms with E-state index in [9.17, 15) is 9.59 Å². The Morgan fingerprint density at radius 3 is 1.04 bits per heavy atom. The first kappa shape index (κ1) is 34.0. The van der Waals surface area contributed by atoms with Gasteiger partial charge in [0, 0.05) is 32.3 Å². The molecule has 0 saturated carbocycles. The predicted molar refractivity (Wildman–Crippen MR) is 221 cm³/mol. The van der Waals surface area contributed by atoms with Crippen molar-refractivity contribution in [1.82, 2.24) is 0 Å². The van der Waals surface area contributed by atoms with Gasteiger partial charge >= 0.3 is 11.9 Å². The van der Waals surface area contributed by atoms with Gasteiger partial charge in [-0.15, -0.1) is 20.5 Å². The maximum atomic E-state index is 13.3. The first-order valence-electron chi connectivity index (χ1n) is 18.0. The average Bonchev–Trinajstić information content (AvgIpc) is 3.26. The third kappa shape index (κ3) is 6.74. The first-order chi connectivity index (χ1) is 27.6. The molecule has 0 unspecified atom stereocenters. The Bertz CT molecular complexity index is 2810. The quantitative estimate of drug-likeness (QED) is 0.0883. The minimum atomic E-state index is -0.570. The number of carbonyl (C=O) groups is 2. The van der Waals surface area contributed by atoms with E-state index in [2.05, 4.69) is 20.5 Å². The number of esters is 2. The van der Waals surface area contributed by atoms with E-state index in [0.29, 0.717) is 33.6 Å². The smallest absolute Gasteiger partial charge is 0.343 e. The SMILES string of the molecule is O=C(Oc1ccc(N=Nc2cccc3ccccc23)c2ccccc12)c1ccc(C(=O)Oc2ccc(N=Nc3cccc4ccccc34)c3ccccc23)cc1. The number of azo groups is 2. The van der Waals surface area contributed by atoms with E-state index in [1.807, 2.05) is 133 Å². The number of nitrogens with zero attached hydrogens (tertiary/aromatic N) is 4. The van der Waals surface area contributed by atoms with E-state index >= 15 is 0 Å². The summed E-state index contributed by atoms with van der Waals surface area (Å²) in [5.41, 5.74) is 3.36. The van der Waals surface area contributed by atoms with Crippen molar-refractivity contribution in [3.8, 4) is 11.5 Å². The monoisotopic (exact) mass is 726 g/mol. The summed E-state index contributed by atoms with van der Waals surface area (Å²) < 4.78 is 11.7. The molecule has 0 heterocycles. The second kappa shape index (κ2) is 14.9. The van der Waals surface area contributed by atoms with Crippen molar-refractivity contribution < 1.29 is 19.1 Å². The molecule has 8 heteroatoms. The summed E-state index contributed by atoms with van der Waals surface area (Å²) in [5.74, 6) is -0.380. The summed E-state index contributed by atoms with van der Waals surface area (Å²) in [5, 5.41) is 25.4. The van der Waals surface area contributed by atoms with Crippen molar-refractivity contribution in [2.75, 3.05) is 0 Å². The summed E-state index contributed by atoms with van der Waals surface area (Å²) in [7, 11) is 0. The molecule has 0 fully saturated rings. The zero-order valence-corrected chi connectivity index (χ0v) is 29.7. The second-order valence-corrected chi connectivity index (χ2v) is 13.0. The van der Waals surface area contributed by atoms with Crippen LogP contribution >= 0.6 is 0 Å². The van der Waals surface area contributed by atoms with Crippen molar-refractivity contribution >= 4 is 77.8 Å². The standard InChI is InChI=1S/C48H30N4O4/c53-47(55-45-29-27-43(37-17-5-7-19-39(37)45)51-49-41-21-9-13-31-11-1-3-15-35(31)41)33-23-25-34(26-24-33)48(54)56-46-30-28-44(38-18-6-8-20-40(38)46)52-50-42-22-10-14-32-12-2-4-16-36(32)42/h1-30H. The molecule has 0 N–H and O–H groups in total. The van der Waals surface area contributed by atoms with Gasteiger partial charge in [0.2, 0.25) is 0 Å². The van der Waals surface area contributed by atoms with Crippen LogP contribution in [0.15, 0.2) is 202 Å². The van der Waals surface area contributed by atoms with Crippen LogP contribution in [0.4, 0.5) is 22.7 Å². The Morgan fingerprint density at radius 2 is 0.625 bits per heavy atom. The van der Waals surface area contributed by atoms with Crippen LogP contribution < -0.4 is 9.47 Å². The molecule has 9 aromatic rings. The maximum Gasteiger partial charge on any atom is 0.343 e. The Balaban J connectivity index is 0.908. The van der Waals surface area contributed by atoms with Crippen LogP contribution in [-0.4, -0.2) is 11.9 Å². The topological polar surface area (TPSA) is 102 Å². The van der Waals surface area contributed by atoms with Crippen LogP contribution in [0.2, 0.25) is 0 Å². The lowest BCUT2D eigenvalue weighted by molar-refractivity contribution is 0.0723. The van der Waals surface area contributed by atoms with Crippen molar-refractivity contribution in [1.29, 1.82) is 0 Å². The lowest BCUT2D eigenvalue weighted by atomic mass is 10.1. The molecule has 0 amide bonds. The zero-order valence-electron chi connectivity index (χ0n) is 29.7. The second-order valence-electron chi connectivity index (χ2n) is 13.0. The number of hydrogen-bond donors (Lipinski definition) is 0. The number of ether oxygens (including phenoxy) is 2. The largest absolute Gasteiger partial charge is 0.422 e.